The van der Waals surface area contributed by atoms with Gasteiger partial charge in [-0.15, -0.1) is 5.10 Å². The summed E-state index contributed by atoms with van der Waals surface area (Å²) in [6.45, 7) is 1.44. The van der Waals surface area contributed by atoms with Crippen molar-refractivity contribution in [3.63, 3.8) is 0 Å². The Kier molecular flexibility index (Phi) is 3.44. The van der Waals surface area contributed by atoms with E-state index in [1.807, 2.05) is 0 Å². The maximum Gasteiger partial charge on any atom is 0.341 e. The second-order valence-electron chi connectivity index (χ2n) is 4.92. The molecule has 2 N–H and O–H groups in total. The Morgan fingerprint density at radius 3 is 2.78 bits per heavy atom. The predicted octanol–water partition coefficient (Wildman–Crippen LogP) is 2.35. The second-order valence-corrected chi connectivity index (χ2v) is 4.92. The number of nitrogen functional groups attached to an aromatic ring is 1. The molecule has 8 heteroatoms. The van der Waals surface area contributed by atoms with Crippen molar-refractivity contribution in [2.45, 2.75) is 6.92 Å². The van der Waals surface area contributed by atoms with Crippen molar-refractivity contribution in [1.82, 2.24) is 14.6 Å². The molecule has 0 saturated heterocycles. The number of hydrogen-bond donors (Lipinski definition) is 1. The first kappa shape index (κ1) is 14.9. The van der Waals surface area contributed by atoms with E-state index in [1.165, 1.54) is 29.8 Å². The molecule has 3 aromatic rings. The zero-order valence-corrected chi connectivity index (χ0v) is 12.3. The van der Waals surface area contributed by atoms with Gasteiger partial charge in [-0.25, -0.2) is 18.1 Å². The number of hydrogen-bond acceptors (Lipinski definition) is 5. The molecule has 0 radical (unpaired) electrons. The van der Waals surface area contributed by atoms with Crippen molar-refractivity contribution in [3.05, 3.63) is 47.2 Å². The molecule has 23 heavy (non-hydrogen) atoms. The minimum Gasteiger partial charge on any atom is -0.465 e. The fraction of sp³-hybridized carbons (Fsp3) is 0.133. The molecular weight excluding hydrogens is 306 g/mol. The van der Waals surface area contributed by atoms with Crippen molar-refractivity contribution in [2.75, 3.05) is 12.8 Å². The van der Waals surface area contributed by atoms with E-state index in [2.05, 4.69) is 14.8 Å². The number of halogens is 2. The Morgan fingerprint density at radius 2 is 2.09 bits per heavy atom. The fourth-order valence-electron chi connectivity index (χ4n) is 2.41. The molecule has 0 aliphatic carbocycles. The smallest absolute Gasteiger partial charge is 0.341 e. The molecule has 0 aliphatic heterocycles. The zero-order chi connectivity index (χ0) is 16.7. The Balaban J connectivity index is 2.26. The Morgan fingerprint density at radius 1 is 1.35 bits per heavy atom. The first-order valence-electron chi connectivity index (χ1n) is 6.61. The van der Waals surface area contributed by atoms with Crippen LogP contribution in [0.2, 0.25) is 0 Å². The van der Waals surface area contributed by atoms with E-state index in [1.54, 1.807) is 0 Å². The van der Waals surface area contributed by atoms with Crippen LogP contribution in [0.15, 0.2) is 24.4 Å². The van der Waals surface area contributed by atoms with E-state index >= 15 is 0 Å². The van der Waals surface area contributed by atoms with Crippen LogP contribution in [-0.4, -0.2) is 27.7 Å². The summed E-state index contributed by atoms with van der Waals surface area (Å²) in [5.74, 6) is -2.59. The van der Waals surface area contributed by atoms with Gasteiger partial charge in [0, 0.05) is 6.20 Å². The van der Waals surface area contributed by atoms with Crippen LogP contribution in [0.1, 0.15) is 15.9 Å². The van der Waals surface area contributed by atoms with Crippen molar-refractivity contribution < 1.29 is 18.3 Å². The van der Waals surface area contributed by atoms with Crippen LogP contribution in [0, 0.1) is 18.6 Å². The number of esters is 1. The van der Waals surface area contributed by atoms with Gasteiger partial charge in [0.15, 0.2) is 5.65 Å². The lowest BCUT2D eigenvalue weighted by molar-refractivity contribution is 0.0594. The van der Waals surface area contributed by atoms with Crippen molar-refractivity contribution in [2.24, 2.45) is 0 Å². The third-order valence-electron chi connectivity index (χ3n) is 3.45. The van der Waals surface area contributed by atoms with Crippen LogP contribution >= 0.6 is 0 Å². The highest BCUT2D eigenvalue weighted by Crippen LogP contribution is 2.31. The number of carbonyl (C=O) groups excluding carboxylic acids is 1. The van der Waals surface area contributed by atoms with E-state index in [9.17, 15) is 13.6 Å². The van der Waals surface area contributed by atoms with Gasteiger partial charge >= 0.3 is 5.97 Å². The maximum absolute atomic E-state index is 14.7. The van der Waals surface area contributed by atoms with E-state index in [0.717, 1.165) is 13.2 Å². The number of aryl methyl sites for hydroxylation is 1. The zero-order valence-electron chi connectivity index (χ0n) is 12.3. The van der Waals surface area contributed by atoms with Crippen LogP contribution in [0.4, 0.5) is 14.7 Å². The third kappa shape index (κ3) is 2.37. The summed E-state index contributed by atoms with van der Waals surface area (Å²) in [5.41, 5.74) is 5.56. The molecule has 0 fully saturated rings. The molecular formula is C15H12F2N4O2. The molecule has 0 amide bonds. The average molecular weight is 318 g/mol. The molecule has 2 aromatic heterocycles. The van der Waals surface area contributed by atoms with Gasteiger partial charge in [-0.05, 0) is 36.2 Å². The number of nitrogens with two attached hydrogens (primary N) is 1. The maximum atomic E-state index is 14.7. The number of ether oxygens (including phenoxy) is 1. The molecule has 0 bridgehead atoms. The van der Waals surface area contributed by atoms with Gasteiger partial charge in [0.1, 0.15) is 11.6 Å². The van der Waals surface area contributed by atoms with Crippen molar-refractivity contribution in [3.8, 4) is 11.1 Å². The summed E-state index contributed by atoms with van der Waals surface area (Å²) in [4.78, 5) is 15.7. The lowest BCUT2D eigenvalue weighted by Gasteiger charge is -2.11. The highest BCUT2D eigenvalue weighted by molar-refractivity contribution is 5.93. The average Bonchev–Trinajstić information content (AvgIpc) is 2.85. The molecule has 1 aromatic carbocycles. The number of benzene rings is 1. The largest absolute Gasteiger partial charge is 0.465 e. The lowest BCUT2D eigenvalue weighted by atomic mass is 9.98. The normalized spacial score (nSPS) is 11.0. The summed E-state index contributed by atoms with van der Waals surface area (Å²) in [6.07, 6.45) is 1.48. The van der Waals surface area contributed by atoms with Crippen LogP contribution in [-0.2, 0) is 4.74 Å². The SMILES string of the molecule is COC(=O)c1c(C)cc(F)c(-c2ccn3nc(N)nc3c2)c1F. The van der Waals surface area contributed by atoms with Crippen LogP contribution in [0.3, 0.4) is 0 Å². The summed E-state index contributed by atoms with van der Waals surface area (Å²) < 4.78 is 34.9. The highest BCUT2D eigenvalue weighted by Gasteiger charge is 2.23. The molecule has 3 rings (SSSR count). The summed E-state index contributed by atoms with van der Waals surface area (Å²) in [6, 6.07) is 3.98. The third-order valence-corrected chi connectivity index (χ3v) is 3.45. The van der Waals surface area contributed by atoms with Crippen LogP contribution in [0.25, 0.3) is 16.8 Å². The van der Waals surface area contributed by atoms with Gasteiger partial charge in [-0.1, -0.05) is 0 Å². The monoisotopic (exact) mass is 318 g/mol. The molecule has 0 unspecified atom stereocenters. The standard InChI is InChI=1S/C15H12F2N4O2/c1-7-5-9(16)12(13(17)11(7)14(22)23-2)8-3-4-21-10(6-8)19-15(18)20-21/h3-6H,1-2H3,(H2,18,20). The van der Waals surface area contributed by atoms with Gasteiger partial charge in [-0.2, -0.15) is 4.98 Å². The minimum atomic E-state index is -0.980. The number of rotatable bonds is 2. The van der Waals surface area contributed by atoms with Crippen molar-refractivity contribution >= 4 is 17.6 Å². The van der Waals surface area contributed by atoms with E-state index < -0.39 is 17.6 Å². The van der Waals surface area contributed by atoms with E-state index in [4.69, 9.17) is 5.73 Å². The number of anilines is 1. The van der Waals surface area contributed by atoms with E-state index in [0.29, 0.717) is 5.65 Å². The number of fused-ring (bicyclic) bond motifs is 1. The van der Waals surface area contributed by atoms with Crippen LogP contribution < -0.4 is 5.73 Å². The number of nitrogens with zero attached hydrogens (tertiary/aromatic N) is 3. The first-order valence-corrected chi connectivity index (χ1v) is 6.61. The Bertz CT molecular complexity index is 937. The van der Waals surface area contributed by atoms with E-state index in [-0.39, 0.29) is 28.2 Å². The summed E-state index contributed by atoms with van der Waals surface area (Å²) in [7, 11) is 1.13. The minimum absolute atomic E-state index is 0.0437. The summed E-state index contributed by atoms with van der Waals surface area (Å²) in [5, 5.41) is 3.89. The Labute approximate surface area is 129 Å². The van der Waals surface area contributed by atoms with Gasteiger partial charge < -0.3 is 10.5 Å². The van der Waals surface area contributed by atoms with Crippen LogP contribution in [0.5, 0.6) is 0 Å². The van der Waals surface area contributed by atoms with Gasteiger partial charge in [0.2, 0.25) is 5.95 Å². The summed E-state index contributed by atoms with van der Waals surface area (Å²) >= 11 is 0. The second kappa shape index (κ2) is 5.31. The molecule has 0 spiro atoms. The number of aromatic nitrogens is 3. The molecule has 2 heterocycles. The van der Waals surface area contributed by atoms with Crippen molar-refractivity contribution in [1.29, 1.82) is 0 Å². The quantitative estimate of drug-likeness (QED) is 0.733. The molecule has 0 atom stereocenters. The molecule has 118 valence electrons. The first-order chi connectivity index (χ1) is 10.9. The number of pyridine rings is 1. The lowest BCUT2D eigenvalue weighted by Crippen LogP contribution is -2.09. The number of carbonyl (C=O) groups is 1. The molecule has 0 saturated carbocycles. The highest BCUT2D eigenvalue weighted by atomic mass is 19.1. The van der Waals surface area contributed by atoms with Gasteiger partial charge in [0.05, 0.1) is 18.2 Å². The topological polar surface area (TPSA) is 82.5 Å². The molecule has 6 nitrogen and oxygen atoms in total. The van der Waals surface area contributed by atoms with Gasteiger partial charge in [0.25, 0.3) is 0 Å². The Hall–Kier alpha value is -3.03. The predicted molar refractivity (Wildman–Crippen MR) is 78.8 cm³/mol. The van der Waals surface area contributed by atoms with Gasteiger partial charge in [-0.3, -0.25) is 0 Å². The fourth-order valence-corrected chi connectivity index (χ4v) is 2.41. The molecule has 0 aliphatic rings. The number of methoxy groups -OCH3 is 1.